The van der Waals surface area contributed by atoms with Gasteiger partial charge in [-0.05, 0) is 52.1 Å². The molecule has 0 aliphatic carbocycles. The summed E-state index contributed by atoms with van der Waals surface area (Å²) in [6, 6.07) is 0. The molecular formula is C21H42IN5O2. The maximum Gasteiger partial charge on any atom is 0.243 e. The van der Waals surface area contributed by atoms with Crippen molar-refractivity contribution in [1.29, 1.82) is 0 Å². The molecule has 0 unspecified atom stereocenters. The number of likely N-dealkylation sites (N-methyl/N-ethyl adjacent to an activating group) is 2. The number of rotatable bonds is 11. The van der Waals surface area contributed by atoms with Gasteiger partial charge in [-0.25, -0.2) is 4.99 Å². The van der Waals surface area contributed by atoms with E-state index in [4.69, 9.17) is 4.74 Å². The monoisotopic (exact) mass is 523 g/mol. The molecule has 1 N–H and O–H groups in total. The number of nitrogens with one attached hydrogen (secondary N) is 1. The highest BCUT2D eigenvalue weighted by Gasteiger charge is 2.21. The highest BCUT2D eigenvalue weighted by molar-refractivity contribution is 14.0. The Hall–Kier alpha value is -0.870. The SMILES string of the molecule is C=C(C)CNC(=NCC(=O)N(C)C)N1CCC(CCCN(C)CCOC)CC1.I. The fourth-order valence-electron chi connectivity index (χ4n) is 3.22. The zero-order chi connectivity index (χ0) is 20.9. The van der Waals surface area contributed by atoms with Crippen LogP contribution in [0.25, 0.3) is 0 Å². The van der Waals surface area contributed by atoms with Gasteiger partial charge in [-0.3, -0.25) is 4.79 Å². The van der Waals surface area contributed by atoms with Gasteiger partial charge in [0, 0.05) is 47.4 Å². The number of piperidine rings is 1. The first-order valence-electron chi connectivity index (χ1n) is 10.4. The van der Waals surface area contributed by atoms with E-state index < -0.39 is 0 Å². The number of hydrogen-bond donors (Lipinski definition) is 1. The number of carbonyl (C=O) groups excluding carboxylic acids is 1. The molecule has 170 valence electrons. The molecule has 1 heterocycles. The summed E-state index contributed by atoms with van der Waals surface area (Å²) in [5.41, 5.74) is 1.05. The number of halogens is 1. The summed E-state index contributed by atoms with van der Waals surface area (Å²) >= 11 is 0. The first kappa shape index (κ1) is 28.1. The van der Waals surface area contributed by atoms with E-state index in [-0.39, 0.29) is 36.4 Å². The van der Waals surface area contributed by atoms with Gasteiger partial charge in [0.2, 0.25) is 5.91 Å². The van der Waals surface area contributed by atoms with Crippen molar-refractivity contribution >= 4 is 35.8 Å². The Kier molecular flexibility index (Phi) is 15.4. The predicted molar refractivity (Wildman–Crippen MR) is 132 cm³/mol. The number of nitrogens with zero attached hydrogens (tertiary/aromatic N) is 4. The number of aliphatic imine (C=N–C) groups is 1. The van der Waals surface area contributed by atoms with Gasteiger partial charge >= 0.3 is 0 Å². The summed E-state index contributed by atoms with van der Waals surface area (Å²) < 4.78 is 5.13. The lowest BCUT2D eigenvalue weighted by Gasteiger charge is -2.34. The van der Waals surface area contributed by atoms with Crippen LogP contribution in [0.15, 0.2) is 17.1 Å². The van der Waals surface area contributed by atoms with Gasteiger partial charge in [-0.15, -0.1) is 24.0 Å². The standard InChI is InChI=1S/C21H41N5O2.HI/c1-18(2)16-22-21(23-17-20(27)24(3)4)26-12-9-19(10-13-26)8-7-11-25(5)14-15-28-6;/h19H,1,7-17H2,2-6H3,(H,22,23);1H. The van der Waals surface area contributed by atoms with Crippen LogP contribution in [0.1, 0.15) is 32.6 Å². The molecule has 0 aromatic carbocycles. The number of guanidine groups is 1. The minimum absolute atomic E-state index is 0. The number of carbonyl (C=O) groups is 1. The van der Waals surface area contributed by atoms with Crippen LogP contribution in [0.5, 0.6) is 0 Å². The van der Waals surface area contributed by atoms with Crippen LogP contribution in [0.3, 0.4) is 0 Å². The van der Waals surface area contributed by atoms with Crippen molar-refractivity contribution < 1.29 is 9.53 Å². The van der Waals surface area contributed by atoms with Crippen LogP contribution in [0.4, 0.5) is 0 Å². The van der Waals surface area contributed by atoms with Crippen molar-refractivity contribution in [2.45, 2.75) is 32.6 Å². The Labute approximate surface area is 194 Å². The Bertz CT molecular complexity index is 505. The van der Waals surface area contributed by atoms with Crippen molar-refractivity contribution in [3.05, 3.63) is 12.2 Å². The highest BCUT2D eigenvalue weighted by atomic mass is 127. The average molecular weight is 524 g/mol. The maximum absolute atomic E-state index is 11.9. The van der Waals surface area contributed by atoms with Crippen molar-refractivity contribution in [1.82, 2.24) is 20.0 Å². The Morgan fingerprint density at radius 3 is 2.45 bits per heavy atom. The van der Waals surface area contributed by atoms with Crippen LogP contribution < -0.4 is 5.32 Å². The lowest BCUT2D eigenvalue weighted by atomic mass is 9.92. The molecule has 0 aromatic heterocycles. The second-order valence-corrected chi connectivity index (χ2v) is 8.11. The third-order valence-corrected chi connectivity index (χ3v) is 5.15. The molecule has 1 amide bonds. The van der Waals surface area contributed by atoms with Crippen LogP contribution in [-0.4, -0.2) is 101 Å². The molecular weight excluding hydrogens is 481 g/mol. The molecule has 1 rings (SSSR count). The second kappa shape index (κ2) is 15.9. The molecule has 0 radical (unpaired) electrons. The molecule has 1 aliphatic rings. The zero-order valence-electron chi connectivity index (χ0n) is 19.1. The Morgan fingerprint density at radius 1 is 1.24 bits per heavy atom. The van der Waals surface area contributed by atoms with E-state index in [0.717, 1.165) is 50.2 Å². The molecule has 0 spiro atoms. The number of methoxy groups -OCH3 is 1. The van der Waals surface area contributed by atoms with E-state index in [1.807, 2.05) is 6.92 Å². The molecule has 1 fully saturated rings. The summed E-state index contributed by atoms with van der Waals surface area (Å²) in [4.78, 5) is 22.7. The van der Waals surface area contributed by atoms with Crippen molar-refractivity contribution in [3.63, 3.8) is 0 Å². The Morgan fingerprint density at radius 2 is 1.90 bits per heavy atom. The first-order chi connectivity index (χ1) is 13.3. The van der Waals surface area contributed by atoms with E-state index in [9.17, 15) is 4.79 Å². The molecule has 0 atom stereocenters. The van der Waals surface area contributed by atoms with Gasteiger partial charge in [-0.2, -0.15) is 0 Å². The van der Waals surface area contributed by atoms with Crippen molar-refractivity contribution in [2.24, 2.45) is 10.9 Å². The van der Waals surface area contributed by atoms with Crippen molar-refractivity contribution in [2.75, 3.05) is 74.1 Å². The lowest BCUT2D eigenvalue weighted by molar-refractivity contribution is -0.127. The third kappa shape index (κ3) is 12.4. The summed E-state index contributed by atoms with van der Waals surface area (Å²) in [6.45, 7) is 11.7. The third-order valence-electron chi connectivity index (χ3n) is 5.15. The van der Waals surface area contributed by atoms with Gasteiger partial charge in [0.05, 0.1) is 6.61 Å². The van der Waals surface area contributed by atoms with E-state index in [0.29, 0.717) is 6.54 Å². The minimum Gasteiger partial charge on any atom is -0.383 e. The second-order valence-electron chi connectivity index (χ2n) is 8.11. The topological polar surface area (TPSA) is 60.4 Å². The van der Waals surface area contributed by atoms with Crippen LogP contribution in [-0.2, 0) is 9.53 Å². The highest BCUT2D eigenvalue weighted by Crippen LogP contribution is 2.22. The maximum atomic E-state index is 11.9. The lowest BCUT2D eigenvalue weighted by Crippen LogP contribution is -2.46. The summed E-state index contributed by atoms with van der Waals surface area (Å²) in [5, 5.41) is 3.36. The number of hydrogen-bond acceptors (Lipinski definition) is 4. The van der Waals surface area contributed by atoms with E-state index >= 15 is 0 Å². The smallest absolute Gasteiger partial charge is 0.243 e. The summed E-state index contributed by atoms with van der Waals surface area (Å²) in [6.07, 6.45) is 4.86. The molecule has 1 aliphatic heterocycles. The number of ether oxygens (including phenoxy) is 1. The van der Waals surface area contributed by atoms with Gasteiger partial charge < -0.3 is 24.8 Å². The fourth-order valence-corrected chi connectivity index (χ4v) is 3.22. The molecule has 29 heavy (non-hydrogen) atoms. The van der Waals surface area contributed by atoms with Gasteiger partial charge in [0.25, 0.3) is 0 Å². The van der Waals surface area contributed by atoms with E-state index in [2.05, 4.69) is 33.7 Å². The molecule has 7 nitrogen and oxygen atoms in total. The molecule has 8 heteroatoms. The van der Waals surface area contributed by atoms with E-state index in [1.54, 1.807) is 26.1 Å². The first-order valence-corrected chi connectivity index (χ1v) is 10.4. The minimum atomic E-state index is 0. The van der Waals surface area contributed by atoms with Crippen molar-refractivity contribution in [3.8, 4) is 0 Å². The van der Waals surface area contributed by atoms with E-state index in [1.165, 1.54) is 25.7 Å². The zero-order valence-corrected chi connectivity index (χ0v) is 21.4. The fraction of sp³-hybridized carbons (Fsp3) is 0.810. The molecule has 1 saturated heterocycles. The largest absolute Gasteiger partial charge is 0.383 e. The van der Waals surface area contributed by atoms with Gasteiger partial charge in [0.15, 0.2) is 5.96 Å². The number of amides is 1. The van der Waals surface area contributed by atoms with Gasteiger partial charge in [0.1, 0.15) is 6.54 Å². The summed E-state index contributed by atoms with van der Waals surface area (Å²) in [5.74, 6) is 1.62. The normalized spacial score (nSPS) is 15.2. The summed E-state index contributed by atoms with van der Waals surface area (Å²) in [7, 11) is 7.43. The molecule has 0 bridgehead atoms. The molecule has 0 aromatic rings. The average Bonchev–Trinajstić information content (AvgIpc) is 2.66. The van der Waals surface area contributed by atoms with Crippen LogP contribution >= 0.6 is 24.0 Å². The van der Waals surface area contributed by atoms with Crippen LogP contribution in [0.2, 0.25) is 0 Å². The van der Waals surface area contributed by atoms with Gasteiger partial charge in [-0.1, -0.05) is 12.2 Å². The predicted octanol–water partition coefficient (Wildman–Crippen LogP) is 2.28. The quantitative estimate of drug-likeness (QED) is 0.195. The van der Waals surface area contributed by atoms with Crippen LogP contribution in [0, 0.1) is 5.92 Å². The Balaban J connectivity index is 0.00000784. The number of likely N-dealkylation sites (tertiary alicyclic amines) is 1. The molecule has 0 saturated carbocycles.